The van der Waals surface area contributed by atoms with Crippen LogP contribution >= 0.6 is 0 Å². The zero-order valence-electron chi connectivity index (χ0n) is 8.66. The summed E-state index contributed by atoms with van der Waals surface area (Å²) >= 11 is 0. The molecule has 0 atom stereocenters. The van der Waals surface area contributed by atoms with E-state index in [1.165, 1.54) is 12.3 Å². The first-order valence-corrected chi connectivity index (χ1v) is 4.84. The number of alkyl halides is 3. The second-order valence-corrected chi connectivity index (χ2v) is 3.42. The van der Waals surface area contributed by atoms with E-state index in [1.54, 1.807) is 12.3 Å². The van der Waals surface area contributed by atoms with Gasteiger partial charge in [-0.1, -0.05) is 0 Å². The van der Waals surface area contributed by atoms with Crippen molar-refractivity contribution in [2.24, 2.45) is 0 Å². The van der Waals surface area contributed by atoms with Gasteiger partial charge in [-0.15, -0.1) is 0 Å². The molecule has 2 aromatic heterocycles. The minimum Gasteiger partial charge on any atom is -0.472 e. The van der Waals surface area contributed by atoms with Crippen LogP contribution in [-0.4, -0.2) is 4.98 Å². The van der Waals surface area contributed by atoms with Crippen molar-refractivity contribution in [1.82, 2.24) is 4.98 Å². The van der Waals surface area contributed by atoms with E-state index in [0.717, 1.165) is 17.8 Å². The van der Waals surface area contributed by atoms with E-state index in [1.807, 2.05) is 0 Å². The summed E-state index contributed by atoms with van der Waals surface area (Å²) in [4.78, 5) is 3.34. The lowest BCUT2D eigenvalue weighted by Gasteiger charge is -2.07. The van der Waals surface area contributed by atoms with Gasteiger partial charge < -0.3 is 9.73 Å². The summed E-state index contributed by atoms with van der Waals surface area (Å²) < 4.78 is 41.6. The zero-order valence-corrected chi connectivity index (χ0v) is 8.66. The SMILES string of the molecule is FC(F)(F)c1ccc(NCc2ccoc2)cn1. The molecular weight excluding hydrogens is 233 g/mol. The molecule has 2 aromatic rings. The molecule has 1 N–H and O–H groups in total. The number of nitrogens with zero attached hydrogens (tertiary/aromatic N) is 1. The molecule has 90 valence electrons. The predicted octanol–water partition coefficient (Wildman–Crippen LogP) is 3.31. The van der Waals surface area contributed by atoms with Crippen LogP contribution in [0.15, 0.2) is 41.3 Å². The van der Waals surface area contributed by atoms with Gasteiger partial charge in [0.2, 0.25) is 0 Å². The van der Waals surface area contributed by atoms with Crippen LogP contribution in [0.1, 0.15) is 11.3 Å². The number of halogens is 3. The molecule has 0 spiro atoms. The fourth-order valence-electron chi connectivity index (χ4n) is 1.26. The van der Waals surface area contributed by atoms with Gasteiger partial charge in [0.1, 0.15) is 5.69 Å². The third-order valence-electron chi connectivity index (χ3n) is 2.13. The molecule has 2 rings (SSSR count). The number of hydrogen-bond acceptors (Lipinski definition) is 3. The minimum absolute atomic E-state index is 0.476. The van der Waals surface area contributed by atoms with Crippen LogP contribution in [0.5, 0.6) is 0 Å². The number of hydrogen-bond donors (Lipinski definition) is 1. The zero-order chi connectivity index (χ0) is 12.3. The topological polar surface area (TPSA) is 38.1 Å². The summed E-state index contributed by atoms with van der Waals surface area (Å²) in [6, 6.07) is 4.05. The predicted molar refractivity (Wildman–Crippen MR) is 55.3 cm³/mol. The maximum atomic E-state index is 12.2. The first-order chi connectivity index (χ1) is 8.05. The van der Waals surface area contributed by atoms with Crippen LogP contribution in [0.2, 0.25) is 0 Å². The molecule has 17 heavy (non-hydrogen) atoms. The van der Waals surface area contributed by atoms with Crippen molar-refractivity contribution >= 4 is 5.69 Å². The van der Waals surface area contributed by atoms with Crippen molar-refractivity contribution in [2.75, 3.05) is 5.32 Å². The number of nitrogens with one attached hydrogen (secondary N) is 1. The molecule has 0 unspecified atom stereocenters. The number of pyridine rings is 1. The van der Waals surface area contributed by atoms with Crippen molar-refractivity contribution < 1.29 is 17.6 Å². The van der Waals surface area contributed by atoms with Crippen LogP contribution in [-0.2, 0) is 12.7 Å². The van der Waals surface area contributed by atoms with Gasteiger partial charge >= 0.3 is 6.18 Å². The van der Waals surface area contributed by atoms with E-state index < -0.39 is 11.9 Å². The molecule has 0 aliphatic heterocycles. The monoisotopic (exact) mass is 242 g/mol. The maximum absolute atomic E-state index is 12.2. The fraction of sp³-hybridized carbons (Fsp3) is 0.182. The highest BCUT2D eigenvalue weighted by molar-refractivity contribution is 5.41. The van der Waals surface area contributed by atoms with Gasteiger partial charge in [-0.25, -0.2) is 4.98 Å². The Bertz CT molecular complexity index is 462. The van der Waals surface area contributed by atoms with E-state index in [4.69, 9.17) is 4.42 Å². The lowest BCUT2D eigenvalue weighted by atomic mass is 10.3. The van der Waals surface area contributed by atoms with E-state index >= 15 is 0 Å². The Kier molecular flexibility index (Phi) is 3.03. The highest BCUT2D eigenvalue weighted by atomic mass is 19.4. The van der Waals surface area contributed by atoms with Crippen molar-refractivity contribution in [3.8, 4) is 0 Å². The molecule has 2 heterocycles. The summed E-state index contributed by atoms with van der Waals surface area (Å²) in [5, 5.41) is 2.94. The van der Waals surface area contributed by atoms with Crippen LogP contribution in [0.25, 0.3) is 0 Å². The Morgan fingerprint density at radius 3 is 2.59 bits per heavy atom. The van der Waals surface area contributed by atoms with Crippen molar-refractivity contribution in [3.63, 3.8) is 0 Å². The smallest absolute Gasteiger partial charge is 0.433 e. The number of aromatic nitrogens is 1. The number of rotatable bonds is 3. The highest BCUT2D eigenvalue weighted by Crippen LogP contribution is 2.27. The quantitative estimate of drug-likeness (QED) is 0.897. The molecule has 0 saturated carbocycles. The summed E-state index contributed by atoms with van der Waals surface area (Å²) in [5.74, 6) is 0. The maximum Gasteiger partial charge on any atom is 0.433 e. The first-order valence-electron chi connectivity index (χ1n) is 4.84. The molecule has 0 saturated heterocycles. The summed E-state index contributed by atoms with van der Waals surface area (Å²) in [5.41, 5.74) is 0.537. The first kappa shape index (κ1) is 11.5. The molecule has 3 nitrogen and oxygen atoms in total. The van der Waals surface area contributed by atoms with Crippen molar-refractivity contribution in [1.29, 1.82) is 0 Å². The Morgan fingerprint density at radius 2 is 2.06 bits per heavy atom. The second kappa shape index (κ2) is 4.48. The minimum atomic E-state index is -4.40. The third-order valence-corrected chi connectivity index (χ3v) is 2.13. The third kappa shape index (κ3) is 2.99. The molecule has 0 aliphatic rings. The van der Waals surface area contributed by atoms with Crippen LogP contribution < -0.4 is 5.32 Å². The van der Waals surface area contributed by atoms with E-state index in [-0.39, 0.29) is 0 Å². The lowest BCUT2D eigenvalue weighted by Crippen LogP contribution is -2.08. The van der Waals surface area contributed by atoms with E-state index in [0.29, 0.717) is 12.2 Å². The van der Waals surface area contributed by atoms with Crippen LogP contribution in [0, 0.1) is 0 Å². The lowest BCUT2D eigenvalue weighted by molar-refractivity contribution is -0.141. The average Bonchev–Trinajstić information content (AvgIpc) is 2.78. The standard InChI is InChI=1S/C11H9F3N2O/c12-11(13,14)10-2-1-9(6-16-10)15-5-8-3-4-17-7-8/h1-4,6-7,15H,5H2. The van der Waals surface area contributed by atoms with Gasteiger partial charge in [-0.2, -0.15) is 13.2 Å². The molecule has 0 fully saturated rings. The van der Waals surface area contributed by atoms with Gasteiger partial charge in [0.25, 0.3) is 0 Å². The van der Waals surface area contributed by atoms with Crippen molar-refractivity contribution in [2.45, 2.75) is 12.7 Å². The molecule has 0 radical (unpaired) electrons. The van der Waals surface area contributed by atoms with Gasteiger partial charge in [-0.05, 0) is 18.2 Å². The Labute approximate surface area is 95.3 Å². The van der Waals surface area contributed by atoms with Gasteiger partial charge in [-0.3, -0.25) is 0 Å². The number of furan rings is 1. The molecule has 0 bridgehead atoms. The van der Waals surface area contributed by atoms with E-state index in [2.05, 4.69) is 10.3 Å². The van der Waals surface area contributed by atoms with Crippen LogP contribution in [0.3, 0.4) is 0 Å². The molecular formula is C11H9F3N2O. The molecule has 0 aliphatic carbocycles. The van der Waals surface area contributed by atoms with E-state index in [9.17, 15) is 13.2 Å². The molecule has 6 heteroatoms. The Morgan fingerprint density at radius 1 is 1.24 bits per heavy atom. The van der Waals surface area contributed by atoms with Crippen molar-refractivity contribution in [3.05, 3.63) is 48.2 Å². The largest absolute Gasteiger partial charge is 0.472 e. The van der Waals surface area contributed by atoms with Crippen LogP contribution in [0.4, 0.5) is 18.9 Å². The highest BCUT2D eigenvalue weighted by Gasteiger charge is 2.31. The second-order valence-electron chi connectivity index (χ2n) is 3.42. The molecule has 0 amide bonds. The fourth-order valence-corrected chi connectivity index (χ4v) is 1.26. The van der Waals surface area contributed by atoms with Gasteiger partial charge in [0.15, 0.2) is 0 Å². The Balaban J connectivity index is 1.99. The number of anilines is 1. The van der Waals surface area contributed by atoms with Gasteiger partial charge in [0, 0.05) is 12.1 Å². The Hall–Kier alpha value is -1.98. The average molecular weight is 242 g/mol. The summed E-state index contributed by atoms with van der Waals surface area (Å²) in [6.07, 6.45) is -0.154. The summed E-state index contributed by atoms with van der Waals surface area (Å²) in [6.45, 7) is 0.476. The normalized spacial score (nSPS) is 11.5. The molecule has 0 aromatic carbocycles. The van der Waals surface area contributed by atoms with Gasteiger partial charge in [0.05, 0.1) is 24.4 Å². The summed E-state index contributed by atoms with van der Waals surface area (Å²) in [7, 11) is 0.